The van der Waals surface area contributed by atoms with Crippen molar-refractivity contribution in [3.05, 3.63) is 0 Å². The Labute approximate surface area is 96.4 Å². The smallest absolute Gasteiger partial charge is 0.223 e. The lowest BCUT2D eigenvalue weighted by Gasteiger charge is -2.15. The van der Waals surface area contributed by atoms with Crippen molar-refractivity contribution in [1.82, 2.24) is 10.6 Å². The second kappa shape index (κ2) is 5.31. The molecular formula is C12H19N3O. The van der Waals surface area contributed by atoms with Gasteiger partial charge in [0.05, 0.1) is 12.0 Å². The number of nitriles is 1. The van der Waals surface area contributed by atoms with Gasteiger partial charge in [-0.05, 0) is 25.7 Å². The van der Waals surface area contributed by atoms with E-state index in [1.54, 1.807) is 0 Å². The van der Waals surface area contributed by atoms with Crippen LogP contribution < -0.4 is 10.6 Å². The minimum absolute atomic E-state index is 0.166. The van der Waals surface area contributed by atoms with Crippen LogP contribution in [0.4, 0.5) is 0 Å². The van der Waals surface area contributed by atoms with Crippen molar-refractivity contribution in [3.8, 4) is 6.07 Å². The molecule has 2 unspecified atom stereocenters. The van der Waals surface area contributed by atoms with Gasteiger partial charge in [-0.25, -0.2) is 0 Å². The Morgan fingerprint density at radius 2 is 2.06 bits per heavy atom. The second-order valence-electron chi connectivity index (χ2n) is 4.79. The highest BCUT2D eigenvalue weighted by molar-refractivity contribution is 5.80. The van der Waals surface area contributed by atoms with Crippen LogP contribution in [0.3, 0.4) is 0 Å². The first-order valence-corrected chi connectivity index (χ1v) is 6.22. The molecule has 2 fully saturated rings. The van der Waals surface area contributed by atoms with Crippen LogP contribution in [-0.2, 0) is 4.79 Å². The van der Waals surface area contributed by atoms with Crippen LogP contribution in [0.2, 0.25) is 0 Å². The summed E-state index contributed by atoms with van der Waals surface area (Å²) in [5.74, 6) is 0.655. The van der Waals surface area contributed by atoms with Gasteiger partial charge in [0.25, 0.3) is 0 Å². The molecule has 4 heteroatoms. The first-order valence-electron chi connectivity index (χ1n) is 6.22. The minimum atomic E-state index is 0.166. The zero-order valence-electron chi connectivity index (χ0n) is 9.54. The first kappa shape index (κ1) is 11.4. The van der Waals surface area contributed by atoms with Crippen LogP contribution in [0.25, 0.3) is 0 Å². The normalized spacial score (nSPS) is 28.7. The molecule has 2 N–H and O–H groups in total. The van der Waals surface area contributed by atoms with Crippen LogP contribution >= 0.6 is 0 Å². The molecule has 88 valence electrons. The molecule has 0 bridgehead atoms. The van der Waals surface area contributed by atoms with Gasteiger partial charge >= 0.3 is 0 Å². The molecule has 4 nitrogen and oxygen atoms in total. The maximum absolute atomic E-state index is 11.3. The van der Waals surface area contributed by atoms with Crippen LogP contribution in [0.1, 0.15) is 32.1 Å². The zero-order chi connectivity index (χ0) is 11.4. The predicted molar refractivity (Wildman–Crippen MR) is 60.5 cm³/mol. The number of amides is 1. The van der Waals surface area contributed by atoms with Gasteiger partial charge in [0.15, 0.2) is 0 Å². The lowest BCUT2D eigenvalue weighted by atomic mass is 10.1. The summed E-state index contributed by atoms with van der Waals surface area (Å²) in [7, 11) is 0. The summed E-state index contributed by atoms with van der Waals surface area (Å²) in [6, 6.07) is 2.68. The van der Waals surface area contributed by atoms with Crippen molar-refractivity contribution < 1.29 is 4.79 Å². The number of rotatable bonds is 5. The largest absolute Gasteiger partial charge is 0.355 e. The van der Waals surface area contributed by atoms with Crippen molar-refractivity contribution in [2.45, 2.75) is 38.1 Å². The van der Waals surface area contributed by atoms with E-state index in [-0.39, 0.29) is 11.8 Å². The Kier molecular flexibility index (Phi) is 3.79. The van der Waals surface area contributed by atoms with Crippen molar-refractivity contribution in [3.63, 3.8) is 0 Å². The summed E-state index contributed by atoms with van der Waals surface area (Å²) in [6.45, 7) is 1.46. The minimum Gasteiger partial charge on any atom is -0.355 e. The van der Waals surface area contributed by atoms with E-state index in [9.17, 15) is 4.79 Å². The topological polar surface area (TPSA) is 64.9 Å². The van der Waals surface area contributed by atoms with Gasteiger partial charge in [0.1, 0.15) is 0 Å². The number of hydrogen-bond acceptors (Lipinski definition) is 3. The van der Waals surface area contributed by atoms with Crippen molar-refractivity contribution in [2.24, 2.45) is 11.8 Å². The van der Waals surface area contributed by atoms with Gasteiger partial charge in [-0.2, -0.15) is 5.26 Å². The summed E-state index contributed by atoms with van der Waals surface area (Å²) in [5.41, 5.74) is 0. The molecule has 0 aliphatic heterocycles. The van der Waals surface area contributed by atoms with E-state index in [0.29, 0.717) is 18.5 Å². The molecule has 2 aliphatic rings. The Morgan fingerprint density at radius 1 is 1.25 bits per heavy atom. The van der Waals surface area contributed by atoms with Gasteiger partial charge in [0, 0.05) is 25.0 Å². The maximum Gasteiger partial charge on any atom is 0.223 e. The molecule has 0 aromatic rings. The van der Waals surface area contributed by atoms with Gasteiger partial charge < -0.3 is 10.6 Å². The van der Waals surface area contributed by atoms with Crippen LogP contribution in [0.5, 0.6) is 0 Å². The van der Waals surface area contributed by atoms with E-state index in [0.717, 1.165) is 38.6 Å². The van der Waals surface area contributed by atoms with E-state index in [1.807, 2.05) is 0 Å². The standard InChI is InChI=1S/C12H19N3O/c13-8-10-2-1-3-11(10)14-6-7-15-12(16)9-4-5-9/h9-11,14H,1-7H2,(H,15,16). The number of hydrogen-bond donors (Lipinski definition) is 2. The third kappa shape index (κ3) is 2.96. The van der Waals surface area contributed by atoms with Gasteiger partial charge in [-0.1, -0.05) is 6.42 Å². The molecule has 0 aromatic carbocycles. The molecule has 2 atom stereocenters. The summed E-state index contributed by atoms with van der Waals surface area (Å²) >= 11 is 0. The van der Waals surface area contributed by atoms with Gasteiger partial charge in [-0.3, -0.25) is 4.79 Å². The van der Waals surface area contributed by atoms with Gasteiger partial charge in [-0.15, -0.1) is 0 Å². The highest BCUT2D eigenvalue weighted by atomic mass is 16.2. The van der Waals surface area contributed by atoms with Crippen molar-refractivity contribution in [1.29, 1.82) is 5.26 Å². The molecule has 0 radical (unpaired) electrons. The molecule has 1 amide bonds. The first-order chi connectivity index (χ1) is 7.81. The second-order valence-corrected chi connectivity index (χ2v) is 4.79. The average molecular weight is 221 g/mol. The molecule has 2 aliphatic carbocycles. The lowest BCUT2D eigenvalue weighted by Crippen LogP contribution is -2.38. The summed E-state index contributed by atoms with van der Waals surface area (Å²) < 4.78 is 0. The summed E-state index contributed by atoms with van der Waals surface area (Å²) in [5, 5.41) is 15.2. The van der Waals surface area contributed by atoms with Crippen molar-refractivity contribution in [2.75, 3.05) is 13.1 Å². The highest BCUT2D eigenvalue weighted by Gasteiger charge is 2.29. The van der Waals surface area contributed by atoms with Gasteiger partial charge in [0.2, 0.25) is 5.91 Å². The fourth-order valence-electron chi connectivity index (χ4n) is 2.29. The summed E-state index contributed by atoms with van der Waals surface area (Å²) in [4.78, 5) is 11.3. The third-order valence-electron chi connectivity index (χ3n) is 3.46. The molecule has 0 saturated heterocycles. The molecule has 16 heavy (non-hydrogen) atoms. The van der Waals surface area contributed by atoms with Crippen LogP contribution in [0.15, 0.2) is 0 Å². The maximum atomic E-state index is 11.3. The zero-order valence-corrected chi connectivity index (χ0v) is 9.54. The molecular weight excluding hydrogens is 202 g/mol. The average Bonchev–Trinajstić information content (AvgIpc) is 3.04. The number of carbonyl (C=O) groups excluding carboxylic acids is 1. The number of nitrogens with one attached hydrogen (secondary N) is 2. The van der Waals surface area contributed by atoms with E-state index >= 15 is 0 Å². The van der Waals surface area contributed by atoms with E-state index < -0.39 is 0 Å². The Bertz CT molecular complexity index is 293. The fraction of sp³-hybridized carbons (Fsp3) is 0.833. The lowest BCUT2D eigenvalue weighted by molar-refractivity contribution is -0.122. The highest BCUT2D eigenvalue weighted by Crippen LogP contribution is 2.28. The van der Waals surface area contributed by atoms with Crippen LogP contribution in [0, 0.1) is 23.2 Å². The van der Waals surface area contributed by atoms with E-state index in [2.05, 4.69) is 16.7 Å². The van der Waals surface area contributed by atoms with E-state index in [4.69, 9.17) is 5.26 Å². The number of carbonyl (C=O) groups is 1. The molecule has 0 aromatic heterocycles. The third-order valence-corrected chi connectivity index (χ3v) is 3.46. The fourth-order valence-corrected chi connectivity index (χ4v) is 2.29. The molecule has 2 saturated carbocycles. The Balaban J connectivity index is 1.57. The van der Waals surface area contributed by atoms with Crippen molar-refractivity contribution >= 4 is 5.91 Å². The molecule has 0 heterocycles. The summed E-state index contributed by atoms with van der Waals surface area (Å²) in [6.07, 6.45) is 5.36. The Hall–Kier alpha value is -1.08. The van der Waals surface area contributed by atoms with E-state index in [1.165, 1.54) is 0 Å². The molecule has 2 rings (SSSR count). The monoisotopic (exact) mass is 221 g/mol. The quantitative estimate of drug-likeness (QED) is 0.675. The SMILES string of the molecule is N#CC1CCCC1NCCNC(=O)C1CC1. The predicted octanol–water partition coefficient (Wildman–Crippen LogP) is 0.794. The number of nitrogens with zero attached hydrogens (tertiary/aromatic N) is 1. The van der Waals surface area contributed by atoms with Crippen LogP contribution in [-0.4, -0.2) is 25.0 Å². The molecule has 0 spiro atoms. The Morgan fingerprint density at radius 3 is 2.75 bits per heavy atom.